The van der Waals surface area contributed by atoms with Gasteiger partial charge in [0.1, 0.15) is 18.1 Å². The molecule has 0 saturated carbocycles. The second kappa shape index (κ2) is 17.8. The van der Waals surface area contributed by atoms with E-state index in [9.17, 15) is 33.9 Å². The van der Waals surface area contributed by atoms with Gasteiger partial charge < -0.3 is 49.1 Å². The van der Waals surface area contributed by atoms with Crippen molar-refractivity contribution in [1.82, 2.24) is 16.0 Å². The molecule has 17 heteroatoms. The SMILES string of the molecule is CSCCC(NC(=O)C(N)CC(N)=O)C(=O)NC(CCCN=C(N)N)C(=O)NC(CCC(=O)O)C(=O)O. The summed E-state index contributed by atoms with van der Waals surface area (Å²) in [6.07, 6.45) is 0.811. The van der Waals surface area contributed by atoms with Gasteiger partial charge in [-0.1, -0.05) is 0 Å². The Morgan fingerprint density at radius 1 is 0.838 bits per heavy atom. The van der Waals surface area contributed by atoms with E-state index in [1.807, 2.05) is 0 Å². The number of primary amides is 1. The maximum atomic E-state index is 13.0. The molecule has 13 N–H and O–H groups in total. The number of nitrogens with two attached hydrogens (primary N) is 4. The van der Waals surface area contributed by atoms with Crippen molar-refractivity contribution in [2.45, 2.75) is 62.7 Å². The lowest BCUT2D eigenvalue weighted by molar-refractivity contribution is -0.143. The average Bonchev–Trinajstić information content (AvgIpc) is 2.79. The number of hydrogen-bond acceptors (Lipinski definition) is 9. The van der Waals surface area contributed by atoms with Crippen LogP contribution in [0.1, 0.15) is 38.5 Å². The number of nitrogens with one attached hydrogen (secondary N) is 3. The van der Waals surface area contributed by atoms with Crippen molar-refractivity contribution in [2.24, 2.45) is 27.9 Å². The zero-order valence-electron chi connectivity index (χ0n) is 20.5. The summed E-state index contributed by atoms with van der Waals surface area (Å²) in [6, 6.07) is -5.19. The number of carboxylic acid groups (broad SMARTS) is 2. The second-order valence-electron chi connectivity index (χ2n) is 7.96. The molecular weight excluding hydrogens is 512 g/mol. The van der Waals surface area contributed by atoms with Crippen LogP contribution in [0, 0.1) is 0 Å². The number of carbonyl (C=O) groups is 6. The highest BCUT2D eigenvalue weighted by molar-refractivity contribution is 7.98. The number of carboxylic acids is 2. The van der Waals surface area contributed by atoms with Gasteiger partial charge in [-0.15, -0.1) is 0 Å². The topological polar surface area (TPSA) is 295 Å². The van der Waals surface area contributed by atoms with Gasteiger partial charge in [0, 0.05) is 13.0 Å². The van der Waals surface area contributed by atoms with Crippen LogP contribution in [0.3, 0.4) is 0 Å². The van der Waals surface area contributed by atoms with Gasteiger partial charge in [-0.25, -0.2) is 4.79 Å². The summed E-state index contributed by atoms with van der Waals surface area (Å²) < 4.78 is 0. The highest BCUT2D eigenvalue weighted by Gasteiger charge is 2.30. The lowest BCUT2D eigenvalue weighted by Crippen LogP contribution is -2.57. The molecule has 210 valence electrons. The van der Waals surface area contributed by atoms with Crippen LogP contribution in [0.5, 0.6) is 0 Å². The van der Waals surface area contributed by atoms with Gasteiger partial charge in [-0.2, -0.15) is 11.8 Å². The molecule has 4 atom stereocenters. The Labute approximate surface area is 217 Å². The van der Waals surface area contributed by atoms with E-state index < -0.39 is 72.6 Å². The van der Waals surface area contributed by atoms with Crippen molar-refractivity contribution < 1.29 is 39.0 Å². The van der Waals surface area contributed by atoms with Crippen molar-refractivity contribution in [3.05, 3.63) is 0 Å². The molecule has 4 amide bonds. The molecule has 0 bridgehead atoms. The number of aliphatic imine (C=N–C) groups is 1. The third-order valence-corrected chi connectivity index (χ3v) is 5.49. The van der Waals surface area contributed by atoms with E-state index in [1.165, 1.54) is 11.8 Å². The van der Waals surface area contributed by atoms with Gasteiger partial charge in [0.15, 0.2) is 5.96 Å². The molecule has 16 nitrogen and oxygen atoms in total. The molecule has 0 saturated heterocycles. The summed E-state index contributed by atoms with van der Waals surface area (Å²) in [4.78, 5) is 75.3. The highest BCUT2D eigenvalue weighted by atomic mass is 32.2. The summed E-state index contributed by atoms with van der Waals surface area (Å²) in [5.74, 6) is -5.67. The first-order valence-corrected chi connectivity index (χ1v) is 12.6. The number of hydrogen-bond donors (Lipinski definition) is 9. The van der Waals surface area contributed by atoms with Crippen LogP contribution >= 0.6 is 11.8 Å². The molecule has 37 heavy (non-hydrogen) atoms. The first-order chi connectivity index (χ1) is 17.3. The molecule has 0 heterocycles. The van der Waals surface area contributed by atoms with Crippen LogP contribution < -0.4 is 38.9 Å². The summed E-state index contributed by atoms with van der Waals surface area (Å²) in [5, 5.41) is 25.3. The second-order valence-corrected chi connectivity index (χ2v) is 8.95. The van der Waals surface area contributed by atoms with Gasteiger partial charge in [0.2, 0.25) is 23.6 Å². The summed E-state index contributed by atoms with van der Waals surface area (Å²) in [7, 11) is 0. The molecule has 0 aliphatic carbocycles. The lowest BCUT2D eigenvalue weighted by atomic mass is 10.1. The van der Waals surface area contributed by atoms with Gasteiger partial charge >= 0.3 is 11.9 Å². The van der Waals surface area contributed by atoms with E-state index in [-0.39, 0.29) is 38.2 Å². The molecular formula is C20H36N8O8S. The zero-order chi connectivity index (χ0) is 28.5. The highest BCUT2D eigenvalue weighted by Crippen LogP contribution is 2.07. The fourth-order valence-corrected chi connectivity index (χ4v) is 3.41. The maximum absolute atomic E-state index is 13.0. The van der Waals surface area contributed by atoms with Crippen molar-refractivity contribution in [1.29, 1.82) is 0 Å². The van der Waals surface area contributed by atoms with Gasteiger partial charge in [0.25, 0.3) is 0 Å². The standard InChI is InChI=1S/C20H36N8O8S/c1-37-8-6-12(26-16(32)10(21)9-14(22)29)18(34)27-11(3-2-7-25-20(23)24)17(33)28-13(19(35)36)4-5-15(30)31/h10-13H,2-9,21H2,1H3,(H2,22,29)(H,26,32)(H,27,34)(H,28,33)(H,30,31)(H,35,36)(H4,23,24,25). The van der Waals surface area contributed by atoms with Gasteiger partial charge in [0.05, 0.1) is 12.5 Å². The number of nitrogens with zero attached hydrogens (tertiary/aromatic N) is 1. The summed E-state index contributed by atoms with van der Waals surface area (Å²) in [6.45, 7) is 0.109. The Morgan fingerprint density at radius 2 is 1.38 bits per heavy atom. The van der Waals surface area contributed by atoms with Crippen molar-refractivity contribution in [3.8, 4) is 0 Å². The predicted molar refractivity (Wildman–Crippen MR) is 135 cm³/mol. The number of aliphatic carboxylic acids is 2. The minimum atomic E-state index is -1.51. The smallest absolute Gasteiger partial charge is 0.326 e. The fourth-order valence-electron chi connectivity index (χ4n) is 2.93. The van der Waals surface area contributed by atoms with E-state index >= 15 is 0 Å². The Bertz CT molecular complexity index is 852. The van der Waals surface area contributed by atoms with Gasteiger partial charge in [-0.05, 0) is 37.7 Å². The van der Waals surface area contributed by atoms with Crippen LogP contribution in [0.4, 0.5) is 0 Å². The third kappa shape index (κ3) is 15.2. The van der Waals surface area contributed by atoms with Crippen molar-refractivity contribution in [3.63, 3.8) is 0 Å². The fraction of sp³-hybridized carbons (Fsp3) is 0.650. The molecule has 0 rings (SSSR count). The van der Waals surface area contributed by atoms with Gasteiger partial charge in [-0.3, -0.25) is 29.0 Å². The lowest BCUT2D eigenvalue weighted by Gasteiger charge is -2.25. The summed E-state index contributed by atoms with van der Waals surface area (Å²) in [5.41, 5.74) is 21.2. The quantitative estimate of drug-likeness (QED) is 0.0429. The number of amides is 4. The molecule has 0 aliphatic rings. The molecule has 0 aromatic carbocycles. The summed E-state index contributed by atoms with van der Waals surface area (Å²) >= 11 is 1.39. The molecule has 0 aromatic heterocycles. The first-order valence-electron chi connectivity index (χ1n) is 11.2. The first kappa shape index (κ1) is 33.4. The molecule has 0 aliphatic heterocycles. The Hall–Kier alpha value is -3.60. The minimum absolute atomic E-state index is 0.00991. The molecule has 0 spiro atoms. The Kier molecular flexibility index (Phi) is 16.0. The normalized spacial score (nSPS) is 13.8. The Balaban J connectivity index is 5.63. The number of carbonyl (C=O) groups excluding carboxylic acids is 4. The van der Waals surface area contributed by atoms with Crippen LogP contribution in [0.25, 0.3) is 0 Å². The molecule has 0 fully saturated rings. The average molecular weight is 549 g/mol. The van der Waals surface area contributed by atoms with E-state index in [0.29, 0.717) is 5.75 Å². The van der Waals surface area contributed by atoms with E-state index in [4.69, 9.17) is 28.0 Å². The number of guanidine groups is 1. The maximum Gasteiger partial charge on any atom is 0.326 e. The Morgan fingerprint density at radius 3 is 1.86 bits per heavy atom. The van der Waals surface area contributed by atoms with Crippen LogP contribution in [-0.2, 0) is 28.8 Å². The van der Waals surface area contributed by atoms with Crippen LogP contribution in [-0.4, -0.2) is 94.5 Å². The van der Waals surface area contributed by atoms with Crippen molar-refractivity contribution in [2.75, 3.05) is 18.6 Å². The molecule has 4 unspecified atom stereocenters. The van der Waals surface area contributed by atoms with E-state index in [0.717, 1.165) is 0 Å². The van der Waals surface area contributed by atoms with Crippen molar-refractivity contribution >= 4 is 53.3 Å². The minimum Gasteiger partial charge on any atom is -0.481 e. The van der Waals surface area contributed by atoms with E-state index in [1.54, 1.807) is 6.26 Å². The number of rotatable bonds is 19. The largest absolute Gasteiger partial charge is 0.481 e. The number of thioether (sulfide) groups is 1. The molecule has 0 radical (unpaired) electrons. The predicted octanol–water partition coefficient (Wildman–Crippen LogP) is -3.60. The zero-order valence-corrected chi connectivity index (χ0v) is 21.3. The van der Waals surface area contributed by atoms with E-state index in [2.05, 4.69) is 20.9 Å². The molecule has 0 aromatic rings. The van der Waals surface area contributed by atoms with Crippen LogP contribution in [0.2, 0.25) is 0 Å². The third-order valence-electron chi connectivity index (χ3n) is 4.84. The monoisotopic (exact) mass is 548 g/mol. The van der Waals surface area contributed by atoms with Crippen LogP contribution in [0.15, 0.2) is 4.99 Å².